The van der Waals surface area contributed by atoms with Crippen molar-refractivity contribution in [1.82, 2.24) is 5.32 Å². The van der Waals surface area contributed by atoms with Crippen LogP contribution < -0.4 is 10.1 Å². The molecule has 1 N–H and O–H groups in total. The fourth-order valence-electron chi connectivity index (χ4n) is 2.26. The van der Waals surface area contributed by atoms with Crippen LogP contribution in [0, 0.1) is 0 Å². The summed E-state index contributed by atoms with van der Waals surface area (Å²) in [6.45, 7) is 1.97. The number of hydrogen-bond donors (Lipinski definition) is 1. The Morgan fingerprint density at radius 1 is 1.00 bits per heavy atom. The average Bonchev–Trinajstić information content (AvgIpc) is 2.61. The molecule has 2 aromatic carbocycles. The summed E-state index contributed by atoms with van der Waals surface area (Å²) in [5.74, 6) is 0.106. The third-order valence-corrected chi connectivity index (χ3v) is 4.64. The molecule has 0 aliphatic heterocycles. The van der Waals surface area contributed by atoms with Crippen molar-refractivity contribution in [3.05, 3.63) is 62.6 Å². The normalized spacial score (nSPS) is 10.5. The Bertz CT molecular complexity index is 791. The molecule has 7 heteroatoms. The van der Waals surface area contributed by atoms with Crippen LogP contribution in [0.2, 0.25) is 15.1 Å². The number of benzene rings is 2. The number of hydrogen-bond acceptors (Lipinski definition) is 3. The molecule has 138 valence electrons. The highest BCUT2D eigenvalue weighted by atomic mass is 35.5. The first-order chi connectivity index (χ1) is 12.4. The lowest BCUT2D eigenvalue weighted by molar-refractivity contribution is -0.118. The van der Waals surface area contributed by atoms with Crippen LogP contribution in [0.25, 0.3) is 0 Å². The number of ether oxygens (including phenoxy) is 1. The van der Waals surface area contributed by atoms with E-state index in [0.29, 0.717) is 32.9 Å². The molecule has 0 saturated heterocycles. The highest BCUT2D eigenvalue weighted by molar-refractivity contribution is 6.43. The molecule has 0 bridgehead atoms. The highest BCUT2D eigenvalue weighted by Crippen LogP contribution is 2.33. The minimum atomic E-state index is -0.170. The number of ketones is 1. The SMILES string of the molecule is CC(=O)NCCCc1ccc(C(=O)COc2cc(Cl)c(Cl)cc2Cl)cc1. The monoisotopic (exact) mass is 413 g/mol. The first-order valence-electron chi connectivity index (χ1n) is 8.00. The molecule has 0 fully saturated rings. The van der Waals surface area contributed by atoms with Gasteiger partial charge in [-0.3, -0.25) is 9.59 Å². The minimum Gasteiger partial charge on any atom is -0.484 e. The zero-order valence-corrected chi connectivity index (χ0v) is 16.4. The summed E-state index contributed by atoms with van der Waals surface area (Å²) in [7, 11) is 0. The Kier molecular flexibility index (Phi) is 7.76. The zero-order chi connectivity index (χ0) is 19.1. The van der Waals surface area contributed by atoms with Gasteiger partial charge in [0, 0.05) is 25.1 Å². The summed E-state index contributed by atoms with van der Waals surface area (Å²) in [5.41, 5.74) is 1.65. The number of carbonyl (C=O) groups is 2. The van der Waals surface area contributed by atoms with Crippen molar-refractivity contribution >= 4 is 46.5 Å². The maximum atomic E-state index is 12.3. The number of amides is 1. The molecular weight excluding hydrogens is 397 g/mol. The molecule has 2 aromatic rings. The van der Waals surface area contributed by atoms with Crippen LogP contribution in [0.3, 0.4) is 0 Å². The number of halogens is 3. The Hall–Kier alpha value is -1.75. The number of carbonyl (C=O) groups excluding carboxylic acids is 2. The Morgan fingerprint density at radius 3 is 2.31 bits per heavy atom. The Balaban J connectivity index is 1.88. The van der Waals surface area contributed by atoms with E-state index in [1.54, 1.807) is 12.1 Å². The minimum absolute atomic E-state index is 0.0342. The van der Waals surface area contributed by atoms with Crippen molar-refractivity contribution in [3.63, 3.8) is 0 Å². The van der Waals surface area contributed by atoms with Gasteiger partial charge in [-0.2, -0.15) is 0 Å². The molecule has 2 rings (SSSR count). The van der Waals surface area contributed by atoms with E-state index in [9.17, 15) is 9.59 Å². The van der Waals surface area contributed by atoms with E-state index in [2.05, 4.69) is 5.32 Å². The molecule has 1 amide bonds. The van der Waals surface area contributed by atoms with Gasteiger partial charge in [-0.15, -0.1) is 0 Å². The van der Waals surface area contributed by atoms with E-state index >= 15 is 0 Å². The number of rotatable bonds is 8. The van der Waals surface area contributed by atoms with Gasteiger partial charge in [-0.05, 0) is 24.5 Å². The lowest BCUT2D eigenvalue weighted by Crippen LogP contribution is -2.21. The largest absolute Gasteiger partial charge is 0.484 e. The van der Waals surface area contributed by atoms with Crippen molar-refractivity contribution in [2.75, 3.05) is 13.2 Å². The number of Topliss-reactive ketones (excluding diaryl/α,β-unsaturated/α-hetero) is 1. The summed E-state index contributed by atoms with van der Waals surface area (Å²) >= 11 is 17.8. The molecule has 0 unspecified atom stereocenters. The van der Waals surface area contributed by atoms with Gasteiger partial charge in [0.15, 0.2) is 12.4 Å². The maximum absolute atomic E-state index is 12.3. The van der Waals surface area contributed by atoms with Crippen molar-refractivity contribution in [2.45, 2.75) is 19.8 Å². The van der Waals surface area contributed by atoms with Gasteiger partial charge in [-0.1, -0.05) is 59.1 Å². The molecule has 0 spiro atoms. The quantitative estimate of drug-likeness (QED) is 0.377. The third-order valence-electron chi connectivity index (χ3n) is 3.63. The second kappa shape index (κ2) is 9.81. The lowest BCUT2D eigenvalue weighted by atomic mass is 10.1. The van der Waals surface area contributed by atoms with Crippen LogP contribution >= 0.6 is 34.8 Å². The van der Waals surface area contributed by atoms with E-state index in [4.69, 9.17) is 39.5 Å². The average molecular weight is 415 g/mol. The topological polar surface area (TPSA) is 55.4 Å². The summed E-state index contributed by atoms with van der Waals surface area (Å²) in [4.78, 5) is 23.1. The first-order valence-corrected chi connectivity index (χ1v) is 9.14. The van der Waals surface area contributed by atoms with Crippen LogP contribution in [-0.2, 0) is 11.2 Å². The van der Waals surface area contributed by atoms with Gasteiger partial charge in [0.1, 0.15) is 5.75 Å². The van der Waals surface area contributed by atoms with Gasteiger partial charge >= 0.3 is 0 Å². The van der Waals surface area contributed by atoms with E-state index in [0.717, 1.165) is 18.4 Å². The molecule has 0 atom stereocenters. The second-order valence-electron chi connectivity index (χ2n) is 5.69. The van der Waals surface area contributed by atoms with Crippen molar-refractivity contribution in [3.8, 4) is 5.75 Å². The van der Waals surface area contributed by atoms with E-state index in [1.807, 2.05) is 12.1 Å². The Labute approximate surface area is 167 Å². The summed E-state index contributed by atoms with van der Waals surface area (Å²) in [5, 5.41) is 3.68. The Morgan fingerprint density at radius 2 is 1.65 bits per heavy atom. The predicted octanol–water partition coefficient (Wildman–Crippen LogP) is 4.98. The second-order valence-corrected chi connectivity index (χ2v) is 6.91. The highest BCUT2D eigenvalue weighted by Gasteiger charge is 2.11. The zero-order valence-electron chi connectivity index (χ0n) is 14.2. The third kappa shape index (κ3) is 6.20. The predicted molar refractivity (Wildman–Crippen MR) is 105 cm³/mol. The first kappa shape index (κ1) is 20.6. The summed E-state index contributed by atoms with van der Waals surface area (Å²) in [6, 6.07) is 10.3. The number of aryl methyl sites for hydroxylation is 1. The van der Waals surface area contributed by atoms with Crippen molar-refractivity contribution in [1.29, 1.82) is 0 Å². The van der Waals surface area contributed by atoms with Gasteiger partial charge in [0.05, 0.1) is 15.1 Å². The fourth-order valence-corrected chi connectivity index (χ4v) is 2.85. The molecule has 4 nitrogen and oxygen atoms in total. The molecule has 0 aliphatic carbocycles. The van der Waals surface area contributed by atoms with Gasteiger partial charge < -0.3 is 10.1 Å². The van der Waals surface area contributed by atoms with Crippen LogP contribution in [0.4, 0.5) is 0 Å². The molecular formula is C19H18Cl3NO3. The van der Waals surface area contributed by atoms with E-state index < -0.39 is 0 Å². The molecule has 0 heterocycles. The van der Waals surface area contributed by atoms with Crippen LogP contribution in [0.5, 0.6) is 5.75 Å². The fraction of sp³-hybridized carbons (Fsp3) is 0.263. The smallest absolute Gasteiger partial charge is 0.216 e. The molecule has 0 saturated carbocycles. The van der Waals surface area contributed by atoms with Crippen molar-refractivity contribution in [2.24, 2.45) is 0 Å². The van der Waals surface area contributed by atoms with Crippen molar-refractivity contribution < 1.29 is 14.3 Å². The van der Waals surface area contributed by atoms with Crippen LogP contribution in [-0.4, -0.2) is 24.8 Å². The van der Waals surface area contributed by atoms with Crippen LogP contribution in [0.15, 0.2) is 36.4 Å². The van der Waals surface area contributed by atoms with Crippen LogP contribution in [0.1, 0.15) is 29.3 Å². The molecule has 0 aromatic heterocycles. The van der Waals surface area contributed by atoms with Gasteiger partial charge in [-0.25, -0.2) is 0 Å². The standard InChI is InChI=1S/C19H18Cl3NO3/c1-12(24)23-8-2-3-13-4-6-14(7-5-13)18(25)11-26-19-10-16(21)15(20)9-17(19)22/h4-7,9-10H,2-3,8,11H2,1H3,(H,23,24). The maximum Gasteiger partial charge on any atom is 0.216 e. The lowest BCUT2D eigenvalue weighted by Gasteiger charge is -2.09. The summed E-state index contributed by atoms with van der Waals surface area (Å²) in [6.07, 6.45) is 1.66. The summed E-state index contributed by atoms with van der Waals surface area (Å²) < 4.78 is 5.46. The number of nitrogens with one attached hydrogen (secondary N) is 1. The molecule has 26 heavy (non-hydrogen) atoms. The molecule has 0 radical (unpaired) electrons. The van der Waals surface area contributed by atoms with Gasteiger partial charge in [0.25, 0.3) is 0 Å². The van der Waals surface area contributed by atoms with E-state index in [-0.39, 0.29) is 18.3 Å². The van der Waals surface area contributed by atoms with Gasteiger partial charge in [0.2, 0.25) is 5.91 Å². The molecule has 0 aliphatic rings. The van der Waals surface area contributed by atoms with E-state index in [1.165, 1.54) is 19.1 Å².